The number of pyridine rings is 1. The number of aromatic nitrogens is 3. The maximum atomic E-state index is 13.1. The van der Waals surface area contributed by atoms with Crippen LogP contribution in [0.15, 0.2) is 29.6 Å². The largest absolute Gasteiger partial charge is 0.355 e. The highest BCUT2D eigenvalue weighted by Gasteiger charge is 2.37. The molecule has 4 heterocycles. The molecule has 2 aromatic heterocycles. The number of aryl methyl sites for hydroxylation is 1. The number of piperidine rings is 1. The van der Waals surface area contributed by atoms with Crippen molar-refractivity contribution < 1.29 is 13.2 Å². The quantitative estimate of drug-likeness (QED) is 0.671. The Morgan fingerprint density at radius 3 is 2.45 bits per heavy atom. The molecule has 2 aromatic rings. The molecule has 2 saturated heterocycles. The second-order valence-corrected chi connectivity index (χ2v) is 10.7. The number of likely N-dealkylation sites (tertiary alicyclic amines) is 1. The molecule has 0 spiro atoms. The van der Waals surface area contributed by atoms with Crippen LogP contribution in [0.3, 0.4) is 0 Å². The number of anilines is 1. The fourth-order valence-corrected chi connectivity index (χ4v) is 5.16. The number of amides is 1. The summed E-state index contributed by atoms with van der Waals surface area (Å²) in [7, 11) is -3.34. The van der Waals surface area contributed by atoms with Crippen LogP contribution in [-0.2, 0) is 21.1 Å². The molecule has 4 rings (SSSR count). The molecule has 2 aliphatic heterocycles. The van der Waals surface area contributed by atoms with Crippen LogP contribution in [0.2, 0.25) is 5.15 Å². The second-order valence-electron chi connectivity index (χ2n) is 8.30. The number of hydrogen-bond donors (Lipinski definition) is 0. The Bertz CT molecular complexity index is 1070. The van der Waals surface area contributed by atoms with Crippen molar-refractivity contribution in [3.05, 3.63) is 40.9 Å². The number of rotatable bonds is 5. The summed E-state index contributed by atoms with van der Waals surface area (Å²) < 4.78 is 23.4. The van der Waals surface area contributed by atoms with Crippen LogP contribution in [0.5, 0.6) is 0 Å². The van der Waals surface area contributed by atoms with Crippen molar-refractivity contribution in [2.75, 3.05) is 30.8 Å². The van der Waals surface area contributed by atoms with Crippen molar-refractivity contribution in [1.82, 2.24) is 19.9 Å². The van der Waals surface area contributed by atoms with Gasteiger partial charge in [0.2, 0.25) is 5.91 Å². The van der Waals surface area contributed by atoms with E-state index in [0.717, 1.165) is 56.5 Å². The van der Waals surface area contributed by atoms with Gasteiger partial charge in [-0.05, 0) is 44.2 Å². The number of carbonyl (C=O) groups excluding carboxylic acids is 1. The van der Waals surface area contributed by atoms with Crippen molar-refractivity contribution in [3.8, 4) is 0 Å². The number of nitrogens with zero attached hydrogens (tertiary/aromatic N) is 5. The standard InChI is InChI=1S/C21H26ClN5O3S/c1-14-15(3-4-20(25-14)31(2,29)30)11-16-5-10-27(21(16)28)17-6-8-26(9-7-17)19-13-23-18(22)12-24-19/h3-4,12-13,16-17H,5-11H2,1-2H3/t16-/m1/s1. The molecular weight excluding hydrogens is 438 g/mol. The summed E-state index contributed by atoms with van der Waals surface area (Å²) in [5, 5.41) is 0.453. The van der Waals surface area contributed by atoms with E-state index in [1.54, 1.807) is 25.4 Å². The molecule has 2 aliphatic rings. The maximum Gasteiger partial charge on any atom is 0.226 e. The summed E-state index contributed by atoms with van der Waals surface area (Å²) in [6, 6.07) is 3.56. The molecule has 1 amide bonds. The number of halogens is 1. The van der Waals surface area contributed by atoms with E-state index in [1.165, 1.54) is 6.07 Å². The summed E-state index contributed by atoms with van der Waals surface area (Å²) >= 11 is 5.82. The minimum atomic E-state index is -3.34. The predicted molar refractivity (Wildman–Crippen MR) is 118 cm³/mol. The maximum absolute atomic E-state index is 13.1. The van der Waals surface area contributed by atoms with Crippen molar-refractivity contribution in [2.24, 2.45) is 5.92 Å². The zero-order valence-electron chi connectivity index (χ0n) is 17.7. The molecule has 166 valence electrons. The van der Waals surface area contributed by atoms with Crippen LogP contribution in [0.25, 0.3) is 0 Å². The minimum absolute atomic E-state index is 0.0743. The van der Waals surface area contributed by atoms with Crippen molar-refractivity contribution in [2.45, 2.75) is 43.7 Å². The summed E-state index contributed by atoms with van der Waals surface area (Å²) in [6.07, 6.45) is 7.59. The lowest BCUT2D eigenvalue weighted by Gasteiger charge is -2.37. The van der Waals surface area contributed by atoms with Crippen LogP contribution in [-0.4, -0.2) is 66.1 Å². The zero-order valence-corrected chi connectivity index (χ0v) is 19.2. The molecule has 0 radical (unpaired) electrons. The lowest BCUT2D eigenvalue weighted by atomic mass is 9.97. The third-order valence-electron chi connectivity index (χ3n) is 6.20. The summed E-state index contributed by atoms with van der Waals surface area (Å²) in [5.41, 5.74) is 1.61. The average molecular weight is 464 g/mol. The van der Waals surface area contributed by atoms with Gasteiger partial charge in [0.15, 0.2) is 14.9 Å². The van der Waals surface area contributed by atoms with Crippen molar-refractivity contribution in [3.63, 3.8) is 0 Å². The Morgan fingerprint density at radius 2 is 1.84 bits per heavy atom. The van der Waals surface area contributed by atoms with Crippen LogP contribution < -0.4 is 4.90 Å². The summed E-state index contributed by atoms with van der Waals surface area (Å²) in [4.78, 5) is 30.0. The highest BCUT2D eigenvalue weighted by Crippen LogP contribution is 2.29. The van der Waals surface area contributed by atoms with E-state index >= 15 is 0 Å². The van der Waals surface area contributed by atoms with Crippen molar-refractivity contribution >= 4 is 33.2 Å². The molecule has 0 saturated carbocycles. The fourth-order valence-electron chi connectivity index (χ4n) is 4.44. The Balaban J connectivity index is 1.36. The van der Waals surface area contributed by atoms with Gasteiger partial charge in [0.05, 0.1) is 12.4 Å². The van der Waals surface area contributed by atoms with Crippen LogP contribution >= 0.6 is 11.6 Å². The van der Waals surface area contributed by atoms with Crippen molar-refractivity contribution in [1.29, 1.82) is 0 Å². The first-order chi connectivity index (χ1) is 14.7. The van der Waals surface area contributed by atoms with E-state index in [9.17, 15) is 13.2 Å². The molecule has 2 fully saturated rings. The smallest absolute Gasteiger partial charge is 0.226 e. The molecular formula is C21H26ClN5O3S. The topological polar surface area (TPSA) is 96.4 Å². The van der Waals surface area contributed by atoms with Gasteiger partial charge in [-0.25, -0.2) is 23.4 Å². The van der Waals surface area contributed by atoms with E-state index in [-0.39, 0.29) is 22.9 Å². The van der Waals surface area contributed by atoms with Gasteiger partial charge in [0, 0.05) is 43.5 Å². The van der Waals surface area contributed by atoms with Crippen LogP contribution in [0.4, 0.5) is 5.82 Å². The van der Waals surface area contributed by atoms with Gasteiger partial charge in [0.1, 0.15) is 11.0 Å². The Morgan fingerprint density at radius 1 is 1.10 bits per heavy atom. The second kappa shape index (κ2) is 8.70. The van der Waals surface area contributed by atoms with Gasteiger partial charge in [-0.3, -0.25) is 4.79 Å². The number of carbonyl (C=O) groups is 1. The lowest BCUT2D eigenvalue weighted by molar-refractivity contribution is -0.133. The lowest BCUT2D eigenvalue weighted by Crippen LogP contribution is -2.46. The van der Waals surface area contributed by atoms with E-state index < -0.39 is 9.84 Å². The van der Waals surface area contributed by atoms with E-state index in [1.807, 2.05) is 4.90 Å². The van der Waals surface area contributed by atoms with E-state index in [4.69, 9.17) is 11.6 Å². The van der Waals surface area contributed by atoms with Gasteiger partial charge in [-0.1, -0.05) is 17.7 Å². The van der Waals surface area contributed by atoms with Gasteiger partial charge < -0.3 is 9.80 Å². The molecule has 0 unspecified atom stereocenters. The third kappa shape index (κ3) is 4.82. The highest BCUT2D eigenvalue weighted by molar-refractivity contribution is 7.90. The van der Waals surface area contributed by atoms with Gasteiger partial charge in [0.25, 0.3) is 0 Å². The fraction of sp³-hybridized carbons (Fsp3) is 0.524. The van der Waals surface area contributed by atoms with Crippen LogP contribution in [0.1, 0.15) is 30.5 Å². The first-order valence-electron chi connectivity index (χ1n) is 10.4. The van der Waals surface area contributed by atoms with Crippen LogP contribution in [0, 0.1) is 12.8 Å². The number of hydrogen-bond acceptors (Lipinski definition) is 7. The molecule has 0 bridgehead atoms. The molecule has 1 atom stereocenters. The summed E-state index contributed by atoms with van der Waals surface area (Å²) in [5.74, 6) is 0.926. The SMILES string of the molecule is Cc1nc(S(C)(=O)=O)ccc1C[C@H]1CCN(C2CCN(c3cnc(Cl)cn3)CC2)C1=O. The molecule has 31 heavy (non-hydrogen) atoms. The van der Waals surface area contributed by atoms with E-state index in [2.05, 4.69) is 19.9 Å². The highest BCUT2D eigenvalue weighted by atomic mass is 35.5. The normalized spacial score (nSPS) is 20.5. The third-order valence-corrected chi connectivity index (χ3v) is 7.39. The first-order valence-corrected chi connectivity index (χ1v) is 12.7. The van der Waals surface area contributed by atoms with Gasteiger partial charge >= 0.3 is 0 Å². The van der Waals surface area contributed by atoms with E-state index in [0.29, 0.717) is 17.3 Å². The molecule has 0 aromatic carbocycles. The number of sulfone groups is 1. The molecule has 0 N–H and O–H groups in total. The zero-order chi connectivity index (χ0) is 22.2. The Labute approximate surface area is 187 Å². The minimum Gasteiger partial charge on any atom is -0.355 e. The van der Waals surface area contributed by atoms with Gasteiger partial charge in [-0.15, -0.1) is 0 Å². The predicted octanol–water partition coefficient (Wildman–Crippen LogP) is 2.30. The molecule has 0 aliphatic carbocycles. The Hall–Kier alpha value is -2.26. The summed E-state index contributed by atoms with van der Waals surface area (Å²) in [6.45, 7) is 4.22. The Kier molecular flexibility index (Phi) is 6.16. The molecule has 8 nitrogen and oxygen atoms in total. The first kappa shape index (κ1) is 22.0. The van der Waals surface area contributed by atoms with Gasteiger partial charge in [-0.2, -0.15) is 0 Å². The monoisotopic (exact) mass is 463 g/mol. The molecule has 10 heteroatoms. The average Bonchev–Trinajstić information content (AvgIpc) is 3.10.